The Kier molecular flexibility index (Phi) is 3.22. The van der Waals surface area contributed by atoms with Crippen LogP contribution in [0.4, 0.5) is 0 Å². The zero-order valence-corrected chi connectivity index (χ0v) is 10.3. The van der Waals surface area contributed by atoms with Gasteiger partial charge in [0.25, 0.3) is 0 Å². The molecule has 84 valence electrons. The minimum atomic E-state index is -0.170. The van der Waals surface area contributed by atoms with E-state index >= 15 is 0 Å². The highest BCUT2D eigenvalue weighted by atomic mass is 16.1. The Balaban J connectivity index is 2.89. The second-order valence-electron chi connectivity index (χ2n) is 5.61. The Morgan fingerprint density at radius 2 is 2.00 bits per heavy atom. The average molecular weight is 206 g/mol. The van der Waals surface area contributed by atoms with Gasteiger partial charge in [0.05, 0.1) is 0 Å². The molecule has 0 aliphatic heterocycles. The van der Waals surface area contributed by atoms with Gasteiger partial charge in [-0.05, 0) is 31.1 Å². The van der Waals surface area contributed by atoms with E-state index in [0.717, 1.165) is 24.7 Å². The van der Waals surface area contributed by atoms with Crippen LogP contribution in [0.1, 0.15) is 40.5 Å². The van der Waals surface area contributed by atoms with Crippen molar-refractivity contribution in [2.24, 2.45) is 16.7 Å². The lowest BCUT2D eigenvalue weighted by Crippen LogP contribution is -2.34. The Labute approximate surface area is 93.3 Å². The van der Waals surface area contributed by atoms with Crippen molar-refractivity contribution >= 4 is 6.29 Å². The Morgan fingerprint density at radius 1 is 1.40 bits per heavy atom. The molecule has 1 rings (SSSR count). The molecule has 0 aromatic carbocycles. The highest BCUT2D eigenvalue weighted by molar-refractivity contribution is 5.61. The maximum Gasteiger partial charge on any atom is 0.126 e. The average Bonchev–Trinajstić information content (AvgIpc) is 2.37. The number of aldehydes is 1. The van der Waals surface area contributed by atoms with Gasteiger partial charge >= 0.3 is 0 Å². The predicted octanol–water partition coefficient (Wildman–Crippen LogP) is 3.76. The third kappa shape index (κ3) is 2.06. The van der Waals surface area contributed by atoms with E-state index in [1.54, 1.807) is 0 Å². The molecule has 0 heterocycles. The lowest BCUT2D eigenvalue weighted by molar-refractivity contribution is -0.120. The number of rotatable bonds is 3. The van der Waals surface area contributed by atoms with Crippen molar-refractivity contribution in [2.45, 2.75) is 40.5 Å². The summed E-state index contributed by atoms with van der Waals surface area (Å²) in [5.41, 5.74) is 0.961. The molecule has 0 saturated heterocycles. The molecule has 1 fully saturated rings. The van der Waals surface area contributed by atoms with Gasteiger partial charge in [-0.2, -0.15) is 0 Å². The fourth-order valence-corrected chi connectivity index (χ4v) is 2.39. The fraction of sp³-hybridized carbons (Fsp3) is 0.643. The smallest absolute Gasteiger partial charge is 0.126 e. The first-order valence-corrected chi connectivity index (χ1v) is 5.63. The van der Waals surface area contributed by atoms with Crippen LogP contribution in [-0.4, -0.2) is 6.29 Å². The minimum Gasteiger partial charge on any atom is -0.303 e. The number of hydrogen-bond acceptors (Lipinski definition) is 1. The monoisotopic (exact) mass is 206 g/mol. The standard InChI is InChI=1S/C14H22O/c1-11(2)6-7-12-8-9-14(5,10-15)13(12,3)4/h6-7,10,12H,1,8-9H2,2-5H3/b7-6+/t12-,14-/m0/s1. The van der Waals surface area contributed by atoms with E-state index in [1.165, 1.54) is 0 Å². The molecule has 1 aliphatic rings. The lowest BCUT2D eigenvalue weighted by atomic mass is 9.66. The van der Waals surface area contributed by atoms with E-state index in [1.807, 2.05) is 6.92 Å². The predicted molar refractivity (Wildman–Crippen MR) is 64.6 cm³/mol. The van der Waals surface area contributed by atoms with E-state index in [4.69, 9.17) is 0 Å². The van der Waals surface area contributed by atoms with Crippen molar-refractivity contribution in [3.63, 3.8) is 0 Å². The summed E-state index contributed by atoms with van der Waals surface area (Å²) in [7, 11) is 0. The number of allylic oxidation sites excluding steroid dienone is 3. The van der Waals surface area contributed by atoms with Crippen molar-refractivity contribution < 1.29 is 4.79 Å². The molecule has 0 amide bonds. The van der Waals surface area contributed by atoms with Crippen molar-refractivity contribution in [1.29, 1.82) is 0 Å². The molecule has 1 aliphatic carbocycles. The van der Waals surface area contributed by atoms with Crippen LogP contribution < -0.4 is 0 Å². The fourth-order valence-electron chi connectivity index (χ4n) is 2.39. The first-order valence-electron chi connectivity index (χ1n) is 5.63. The highest BCUT2D eigenvalue weighted by Gasteiger charge is 2.50. The van der Waals surface area contributed by atoms with Crippen LogP contribution in [0.15, 0.2) is 24.3 Å². The maximum absolute atomic E-state index is 11.2. The first-order chi connectivity index (χ1) is 6.83. The summed E-state index contributed by atoms with van der Waals surface area (Å²) in [6, 6.07) is 0. The van der Waals surface area contributed by atoms with Gasteiger partial charge in [-0.25, -0.2) is 0 Å². The van der Waals surface area contributed by atoms with Gasteiger partial charge in [0.1, 0.15) is 6.29 Å². The summed E-state index contributed by atoms with van der Waals surface area (Å²) in [4.78, 5) is 11.2. The molecule has 0 N–H and O–H groups in total. The summed E-state index contributed by atoms with van der Waals surface area (Å²) < 4.78 is 0. The Morgan fingerprint density at radius 3 is 2.40 bits per heavy atom. The largest absolute Gasteiger partial charge is 0.303 e. The normalized spacial score (nSPS) is 34.5. The van der Waals surface area contributed by atoms with Gasteiger partial charge in [0.15, 0.2) is 0 Å². The summed E-state index contributed by atoms with van der Waals surface area (Å²) in [5, 5.41) is 0. The van der Waals surface area contributed by atoms with Crippen molar-refractivity contribution in [3.05, 3.63) is 24.3 Å². The SMILES string of the molecule is C=C(C)/C=C/[C@H]1CC[C@@](C)(C=O)C1(C)C. The molecule has 1 nitrogen and oxygen atoms in total. The molecule has 15 heavy (non-hydrogen) atoms. The van der Waals surface area contributed by atoms with Crippen molar-refractivity contribution in [2.75, 3.05) is 0 Å². The summed E-state index contributed by atoms with van der Waals surface area (Å²) in [6.07, 6.45) is 7.53. The van der Waals surface area contributed by atoms with Crippen LogP contribution in [0, 0.1) is 16.7 Å². The van der Waals surface area contributed by atoms with Gasteiger partial charge in [0, 0.05) is 5.41 Å². The van der Waals surface area contributed by atoms with Gasteiger partial charge in [-0.1, -0.05) is 45.1 Å². The van der Waals surface area contributed by atoms with Crippen LogP contribution in [0.2, 0.25) is 0 Å². The molecule has 1 heteroatoms. The molecule has 0 bridgehead atoms. The molecular weight excluding hydrogens is 184 g/mol. The molecule has 0 aromatic rings. The zero-order chi connectivity index (χ0) is 11.7. The third-order valence-corrected chi connectivity index (χ3v) is 4.25. The van der Waals surface area contributed by atoms with E-state index in [9.17, 15) is 4.79 Å². The van der Waals surface area contributed by atoms with E-state index in [0.29, 0.717) is 5.92 Å². The van der Waals surface area contributed by atoms with Crippen LogP contribution in [0.3, 0.4) is 0 Å². The van der Waals surface area contributed by atoms with Crippen LogP contribution in [0.25, 0.3) is 0 Å². The Hall–Kier alpha value is -0.850. The molecule has 0 radical (unpaired) electrons. The number of carbonyl (C=O) groups is 1. The summed E-state index contributed by atoms with van der Waals surface area (Å²) >= 11 is 0. The molecule has 1 saturated carbocycles. The van der Waals surface area contributed by atoms with Crippen molar-refractivity contribution in [1.82, 2.24) is 0 Å². The zero-order valence-electron chi connectivity index (χ0n) is 10.3. The number of carbonyl (C=O) groups excluding carboxylic acids is 1. The van der Waals surface area contributed by atoms with Crippen molar-refractivity contribution in [3.8, 4) is 0 Å². The quantitative estimate of drug-likeness (QED) is 0.507. The topological polar surface area (TPSA) is 17.1 Å². The Bertz CT molecular complexity index is 298. The second-order valence-corrected chi connectivity index (χ2v) is 5.61. The lowest BCUT2D eigenvalue weighted by Gasteiger charge is -2.36. The highest BCUT2D eigenvalue weighted by Crippen LogP contribution is 2.55. The van der Waals surface area contributed by atoms with E-state index < -0.39 is 0 Å². The summed E-state index contributed by atoms with van der Waals surface area (Å²) in [6.45, 7) is 12.3. The van der Waals surface area contributed by atoms with Gasteiger partial charge in [0.2, 0.25) is 0 Å². The van der Waals surface area contributed by atoms with Crippen LogP contribution in [-0.2, 0) is 4.79 Å². The third-order valence-electron chi connectivity index (χ3n) is 4.25. The molecule has 2 atom stereocenters. The van der Waals surface area contributed by atoms with E-state index in [-0.39, 0.29) is 10.8 Å². The number of hydrogen-bond donors (Lipinski definition) is 0. The minimum absolute atomic E-state index is 0.0562. The van der Waals surface area contributed by atoms with Gasteiger partial charge < -0.3 is 4.79 Å². The first kappa shape index (κ1) is 12.2. The maximum atomic E-state index is 11.2. The molecular formula is C14H22O. The summed E-state index contributed by atoms with van der Waals surface area (Å²) in [5.74, 6) is 0.490. The van der Waals surface area contributed by atoms with Crippen LogP contribution in [0.5, 0.6) is 0 Å². The molecule has 0 spiro atoms. The second kappa shape index (κ2) is 3.96. The van der Waals surface area contributed by atoms with E-state index in [2.05, 4.69) is 39.5 Å². The van der Waals surface area contributed by atoms with Gasteiger partial charge in [-0.3, -0.25) is 0 Å². The molecule has 0 aromatic heterocycles. The van der Waals surface area contributed by atoms with Crippen LogP contribution >= 0.6 is 0 Å². The molecule has 0 unspecified atom stereocenters. The van der Waals surface area contributed by atoms with Gasteiger partial charge in [-0.15, -0.1) is 0 Å².